The van der Waals surface area contributed by atoms with Crippen molar-refractivity contribution in [1.82, 2.24) is 9.97 Å². The van der Waals surface area contributed by atoms with Crippen LogP contribution < -0.4 is 5.73 Å². The molecule has 0 unspecified atom stereocenters. The van der Waals surface area contributed by atoms with Gasteiger partial charge in [-0.2, -0.15) is 0 Å². The van der Waals surface area contributed by atoms with Crippen LogP contribution in [-0.2, 0) is 0 Å². The molecule has 0 aliphatic rings. The Morgan fingerprint density at radius 2 is 1.89 bits per heavy atom. The zero-order chi connectivity index (χ0) is 13.6. The molecule has 0 aliphatic heterocycles. The van der Waals surface area contributed by atoms with Gasteiger partial charge in [-0.1, -0.05) is 0 Å². The Morgan fingerprint density at radius 1 is 1.11 bits per heavy atom. The summed E-state index contributed by atoms with van der Waals surface area (Å²) in [5.41, 5.74) is 6.26. The molecule has 6 heteroatoms. The number of hydrogen-bond donors (Lipinski definition) is 1. The average Bonchev–Trinajstić information content (AvgIpc) is 2.74. The van der Waals surface area contributed by atoms with Gasteiger partial charge in [0.25, 0.3) is 0 Å². The molecule has 96 valence electrons. The van der Waals surface area contributed by atoms with Crippen LogP contribution in [0.2, 0.25) is 0 Å². The molecule has 0 saturated heterocycles. The van der Waals surface area contributed by atoms with E-state index in [9.17, 15) is 8.78 Å². The van der Waals surface area contributed by atoms with Crippen molar-refractivity contribution in [1.29, 1.82) is 0 Å². The third-order valence-corrected chi connectivity index (χ3v) is 3.67. The first-order chi connectivity index (χ1) is 9.04. The monoisotopic (exact) mass is 277 g/mol. The summed E-state index contributed by atoms with van der Waals surface area (Å²) in [4.78, 5) is 10.3. The second-order valence-corrected chi connectivity index (χ2v) is 5.37. The minimum atomic E-state index is -0.929. The molecule has 0 amide bonds. The number of thiophene rings is 1. The number of hydrogen-bond acceptors (Lipinski definition) is 4. The van der Waals surface area contributed by atoms with Gasteiger partial charge in [-0.15, -0.1) is 11.3 Å². The third kappa shape index (κ3) is 2.04. The molecular formula is C13H9F2N3S. The van der Waals surface area contributed by atoms with Crippen LogP contribution in [-0.4, -0.2) is 9.97 Å². The Balaban J connectivity index is 2.21. The van der Waals surface area contributed by atoms with Crippen molar-refractivity contribution in [3.63, 3.8) is 0 Å². The van der Waals surface area contributed by atoms with Gasteiger partial charge in [0.1, 0.15) is 10.6 Å². The Hall–Kier alpha value is -2.08. The van der Waals surface area contributed by atoms with Crippen molar-refractivity contribution < 1.29 is 8.78 Å². The van der Waals surface area contributed by atoms with Gasteiger partial charge in [0.2, 0.25) is 0 Å². The minimum absolute atomic E-state index is 0.297. The van der Waals surface area contributed by atoms with E-state index < -0.39 is 11.6 Å². The van der Waals surface area contributed by atoms with Gasteiger partial charge in [0, 0.05) is 10.4 Å². The Morgan fingerprint density at radius 3 is 2.63 bits per heavy atom. The van der Waals surface area contributed by atoms with E-state index in [-0.39, 0.29) is 0 Å². The van der Waals surface area contributed by atoms with E-state index in [1.165, 1.54) is 17.4 Å². The SMILES string of the molecule is Cc1cc2c(N)nc(-c3ccc(F)c(F)c3)nc2s1. The van der Waals surface area contributed by atoms with Gasteiger partial charge in [-0.3, -0.25) is 0 Å². The number of aryl methyl sites for hydroxylation is 1. The topological polar surface area (TPSA) is 51.8 Å². The molecule has 0 spiro atoms. The van der Waals surface area contributed by atoms with Crippen LogP contribution >= 0.6 is 11.3 Å². The molecule has 3 rings (SSSR count). The molecule has 0 saturated carbocycles. The fraction of sp³-hybridized carbons (Fsp3) is 0.0769. The largest absolute Gasteiger partial charge is 0.383 e. The highest BCUT2D eigenvalue weighted by atomic mass is 32.1. The Labute approximate surface area is 111 Å². The van der Waals surface area contributed by atoms with E-state index in [0.717, 1.165) is 27.2 Å². The van der Waals surface area contributed by atoms with Gasteiger partial charge in [-0.05, 0) is 31.2 Å². The predicted octanol–water partition coefficient (Wildman–Crippen LogP) is 3.53. The highest BCUT2D eigenvalue weighted by Crippen LogP contribution is 2.29. The highest BCUT2D eigenvalue weighted by Gasteiger charge is 2.11. The molecule has 2 N–H and O–H groups in total. The number of fused-ring (bicyclic) bond motifs is 1. The van der Waals surface area contributed by atoms with Crippen LogP contribution in [0.5, 0.6) is 0 Å². The lowest BCUT2D eigenvalue weighted by molar-refractivity contribution is 0.509. The standard InChI is InChI=1S/C13H9F2N3S/c1-6-4-8-11(16)17-12(18-13(8)19-6)7-2-3-9(14)10(15)5-7/h2-5H,1H3,(H2,16,17,18). The van der Waals surface area contributed by atoms with Gasteiger partial charge in [0.05, 0.1) is 5.39 Å². The number of nitrogen functional groups attached to an aromatic ring is 1. The summed E-state index contributed by atoms with van der Waals surface area (Å²) in [5.74, 6) is -1.19. The first-order valence-electron chi connectivity index (χ1n) is 5.53. The molecule has 2 heterocycles. The van der Waals surface area contributed by atoms with Crippen LogP contribution in [0.1, 0.15) is 4.88 Å². The number of benzene rings is 1. The molecule has 1 aromatic carbocycles. The van der Waals surface area contributed by atoms with Gasteiger partial charge >= 0.3 is 0 Å². The lowest BCUT2D eigenvalue weighted by Crippen LogP contribution is -1.96. The summed E-state index contributed by atoms with van der Waals surface area (Å²) in [7, 11) is 0. The maximum atomic E-state index is 13.2. The number of rotatable bonds is 1. The number of nitrogens with two attached hydrogens (primary N) is 1. The van der Waals surface area contributed by atoms with Gasteiger partial charge < -0.3 is 5.73 Å². The molecule has 0 radical (unpaired) electrons. The van der Waals surface area contributed by atoms with Crippen molar-refractivity contribution in [3.05, 3.63) is 40.8 Å². The molecular weight excluding hydrogens is 268 g/mol. The number of nitrogens with zero attached hydrogens (tertiary/aromatic N) is 2. The summed E-state index contributed by atoms with van der Waals surface area (Å²) in [6.45, 7) is 1.95. The first kappa shape index (κ1) is 12.0. The number of halogens is 2. The summed E-state index contributed by atoms with van der Waals surface area (Å²) >= 11 is 1.48. The summed E-state index contributed by atoms with van der Waals surface area (Å²) in [6.07, 6.45) is 0. The second kappa shape index (κ2) is 4.24. The van der Waals surface area contributed by atoms with E-state index in [2.05, 4.69) is 9.97 Å². The van der Waals surface area contributed by atoms with Gasteiger partial charge in [-0.25, -0.2) is 18.7 Å². The fourth-order valence-electron chi connectivity index (χ4n) is 1.83. The van der Waals surface area contributed by atoms with Gasteiger partial charge in [0.15, 0.2) is 17.5 Å². The van der Waals surface area contributed by atoms with E-state index in [1.807, 2.05) is 13.0 Å². The average molecular weight is 277 g/mol. The van der Waals surface area contributed by atoms with Crippen molar-refractivity contribution in [3.8, 4) is 11.4 Å². The maximum Gasteiger partial charge on any atom is 0.163 e. The summed E-state index contributed by atoms with van der Waals surface area (Å²) < 4.78 is 26.1. The number of anilines is 1. The molecule has 19 heavy (non-hydrogen) atoms. The van der Waals surface area contributed by atoms with E-state index in [4.69, 9.17) is 5.73 Å². The lowest BCUT2D eigenvalue weighted by atomic mass is 10.2. The molecule has 3 nitrogen and oxygen atoms in total. The van der Waals surface area contributed by atoms with E-state index in [0.29, 0.717) is 17.2 Å². The van der Waals surface area contributed by atoms with E-state index in [1.54, 1.807) is 0 Å². The van der Waals surface area contributed by atoms with Crippen LogP contribution in [0, 0.1) is 18.6 Å². The molecule has 0 bridgehead atoms. The minimum Gasteiger partial charge on any atom is -0.383 e. The predicted molar refractivity (Wildman–Crippen MR) is 71.9 cm³/mol. The van der Waals surface area contributed by atoms with E-state index >= 15 is 0 Å². The first-order valence-corrected chi connectivity index (χ1v) is 6.35. The second-order valence-electron chi connectivity index (χ2n) is 4.14. The maximum absolute atomic E-state index is 13.2. The normalized spacial score (nSPS) is 11.1. The third-order valence-electron chi connectivity index (χ3n) is 2.72. The molecule has 0 atom stereocenters. The van der Waals surface area contributed by atoms with Crippen LogP contribution in [0.25, 0.3) is 21.6 Å². The Bertz CT molecular complexity index is 783. The molecule has 3 aromatic rings. The van der Waals surface area contributed by atoms with Crippen LogP contribution in [0.15, 0.2) is 24.3 Å². The Kier molecular flexibility index (Phi) is 2.67. The van der Waals surface area contributed by atoms with Crippen LogP contribution in [0.3, 0.4) is 0 Å². The summed E-state index contributed by atoms with van der Waals surface area (Å²) in [6, 6.07) is 5.45. The number of aromatic nitrogens is 2. The zero-order valence-electron chi connectivity index (χ0n) is 9.95. The molecule has 0 fully saturated rings. The lowest BCUT2D eigenvalue weighted by Gasteiger charge is -2.03. The zero-order valence-corrected chi connectivity index (χ0v) is 10.8. The van der Waals surface area contributed by atoms with Crippen molar-refractivity contribution >= 4 is 27.4 Å². The molecule has 2 aromatic heterocycles. The fourth-order valence-corrected chi connectivity index (χ4v) is 2.72. The molecule has 0 aliphatic carbocycles. The smallest absolute Gasteiger partial charge is 0.163 e. The summed E-state index contributed by atoms with van der Waals surface area (Å²) in [5, 5.41) is 0.786. The highest BCUT2D eigenvalue weighted by molar-refractivity contribution is 7.18. The van der Waals surface area contributed by atoms with Crippen molar-refractivity contribution in [2.24, 2.45) is 0 Å². The quantitative estimate of drug-likeness (QED) is 0.740. The van der Waals surface area contributed by atoms with Crippen molar-refractivity contribution in [2.75, 3.05) is 5.73 Å². The van der Waals surface area contributed by atoms with Crippen molar-refractivity contribution in [2.45, 2.75) is 6.92 Å². The van der Waals surface area contributed by atoms with Crippen LogP contribution in [0.4, 0.5) is 14.6 Å².